The fourth-order valence-electron chi connectivity index (χ4n) is 10.3. The molecule has 1 aromatic carbocycles. The molecule has 43 heavy (non-hydrogen) atoms. The molecule has 2 heterocycles. The van der Waals surface area contributed by atoms with Gasteiger partial charge in [0.2, 0.25) is 5.79 Å². The summed E-state index contributed by atoms with van der Waals surface area (Å²) in [5.74, 6) is -5.61. The van der Waals surface area contributed by atoms with Crippen molar-refractivity contribution in [3.8, 4) is 0 Å². The molecular formula is C34H41NO8. The lowest BCUT2D eigenvalue weighted by Crippen LogP contribution is -2.85. The van der Waals surface area contributed by atoms with E-state index in [4.69, 9.17) is 9.47 Å². The number of ether oxygens (including phenoxy) is 2. The van der Waals surface area contributed by atoms with Gasteiger partial charge in [0.05, 0.1) is 17.9 Å². The highest BCUT2D eigenvalue weighted by Crippen LogP contribution is 2.76. The Morgan fingerprint density at radius 3 is 2.44 bits per heavy atom. The maximum Gasteiger partial charge on any atom is 0.309 e. The summed E-state index contributed by atoms with van der Waals surface area (Å²) in [5.41, 5.74) is -2.57. The molecule has 1 amide bonds. The summed E-state index contributed by atoms with van der Waals surface area (Å²) in [6.45, 7) is 8.01. The van der Waals surface area contributed by atoms with E-state index in [1.807, 2.05) is 32.0 Å². The van der Waals surface area contributed by atoms with Gasteiger partial charge in [-0.25, -0.2) is 0 Å². The van der Waals surface area contributed by atoms with Gasteiger partial charge in [0, 0.05) is 29.9 Å². The van der Waals surface area contributed by atoms with E-state index in [1.54, 1.807) is 12.1 Å². The van der Waals surface area contributed by atoms with Crippen LogP contribution in [0.15, 0.2) is 42.5 Å². The minimum atomic E-state index is -2.31. The molecule has 8 rings (SSSR count). The fraction of sp³-hybridized carbons (Fsp3) is 0.647. The molecule has 9 heteroatoms. The number of nitrogens with one attached hydrogen (secondary N) is 1. The van der Waals surface area contributed by atoms with Crippen LogP contribution < -0.4 is 5.32 Å². The Hall–Kier alpha value is -2.88. The van der Waals surface area contributed by atoms with E-state index in [2.05, 4.69) is 11.9 Å². The summed E-state index contributed by atoms with van der Waals surface area (Å²) in [6.07, 6.45) is 1.48. The van der Waals surface area contributed by atoms with Crippen molar-refractivity contribution in [1.82, 2.24) is 5.32 Å². The quantitative estimate of drug-likeness (QED) is 0.359. The number of aliphatic hydroxyl groups excluding tert-OH is 1. The fourth-order valence-corrected chi connectivity index (χ4v) is 10.3. The normalized spacial score (nSPS) is 44.4. The SMILES string of the molecule is C=C1C(=O)[C@]23[C@H](OC(=O)C4CCC(NC(=O)c5ccccc5)CC4)[C@H]1CC[C@H]2[C@@]12CO[C@@]3(O)[C@@H](O)[C@@H]1C(C)(C)CCC2=O. The number of fused-ring (bicyclic) bond motifs is 2. The standard InChI is InChI=1S/C34H41NO8/c1-18-22-13-14-23-32-17-42-34(41,27(38)25(32)31(2,3)16-15-24(32)36)33(23,26(18)37)28(22)43-30(40)20-9-11-21(12-10-20)35-29(39)19-7-5-4-6-8-19/h4-8,20-23,25,27-28,38,41H,1,9-17H2,2-3H3,(H,35,39)/t20?,21?,22-,23-,25+,27-,28+,32+,33-,34-/m0/s1. The van der Waals surface area contributed by atoms with E-state index < -0.39 is 69.7 Å². The van der Waals surface area contributed by atoms with Crippen molar-refractivity contribution < 1.29 is 38.9 Å². The molecule has 1 aromatic rings. The first-order valence-electron chi connectivity index (χ1n) is 15.8. The van der Waals surface area contributed by atoms with E-state index in [0.717, 1.165) is 0 Å². The molecule has 0 radical (unpaired) electrons. The van der Waals surface area contributed by atoms with Crippen molar-refractivity contribution in [3.05, 3.63) is 48.0 Å². The highest BCUT2D eigenvalue weighted by atomic mass is 16.6. The van der Waals surface area contributed by atoms with Crippen LogP contribution in [0.4, 0.5) is 0 Å². The van der Waals surface area contributed by atoms with Gasteiger partial charge in [0.1, 0.15) is 23.4 Å². The number of carbonyl (C=O) groups excluding carboxylic acids is 4. The number of benzene rings is 1. The Morgan fingerprint density at radius 2 is 1.74 bits per heavy atom. The molecule has 3 N–H and O–H groups in total. The first-order valence-corrected chi connectivity index (χ1v) is 15.8. The summed E-state index contributed by atoms with van der Waals surface area (Å²) < 4.78 is 12.3. The van der Waals surface area contributed by atoms with Crippen LogP contribution in [0.1, 0.15) is 75.6 Å². The average molecular weight is 592 g/mol. The van der Waals surface area contributed by atoms with Crippen molar-refractivity contribution in [3.63, 3.8) is 0 Å². The van der Waals surface area contributed by atoms with E-state index in [0.29, 0.717) is 56.9 Å². The molecule has 4 bridgehead atoms. The molecular weight excluding hydrogens is 550 g/mol. The maximum absolute atomic E-state index is 14.3. The van der Waals surface area contributed by atoms with Crippen molar-refractivity contribution in [1.29, 1.82) is 0 Å². The van der Waals surface area contributed by atoms with Gasteiger partial charge in [0.15, 0.2) is 5.78 Å². The minimum absolute atomic E-state index is 0.0493. The average Bonchev–Trinajstić information content (AvgIpc) is 3.10. The first kappa shape index (κ1) is 28.9. The lowest BCUT2D eigenvalue weighted by Gasteiger charge is -2.73. The molecule has 9 nitrogen and oxygen atoms in total. The van der Waals surface area contributed by atoms with Crippen LogP contribution in [0.25, 0.3) is 0 Å². The maximum atomic E-state index is 14.3. The molecule has 7 aliphatic rings. The molecule has 230 valence electrons. The van der Waals surface area contributed by atoms with Crippen LogP contribution in [0.3, 0.4) is 0 Å². The van der Waals surface area contributed by atoms with Crippen LogP contribution in [-0.2, 0) is 23.9 Å². The molecule has 0 unspecified atom stereocenters. The first-order chi connectivity index (χ1) is 20.4. The minimum Gasteiger partial charge on any atom is -0.460 e. The zero-order chi connectivity index (χ0) is 30.5. The van der Waals surface area contributed by atoms with Crippen LogP contribution in [0.2, 0.25) is 0 Å². The largest absolute Gasteiger partial charge is 0.460 e. The van der Waals surface area contributed by atoms with Gasteiger partial charge in [-0.1, -0.05) is 38.6 Å². The summed E-state index contributed by atoms with van der Waals surface area (Å²) in [7, 11) is 0. The molecule has 2 saturated heterocycles. The van der Waals surface area contributed by atoms with Crippen LogP contribution >= 0.6 is 0 Å². The topological polar surface area (TPSA) is 139 Å². The second-order valence-electron chi connectivity index (χ2n) is 14.6. The lowest BCUT2D eigenvalue weighted by atomic mass is 9.36. The van der Waals surface area contributed by atoms with Gasteiger partial charge in [-0.15, -0.1) is 0 Å². The molecule has 5 saturated carbocycles. The smallest absolute Gasteiger partial charge is 0.309 e. The number of hydrogen-bond acceptors (Lipinski definition) is 8. The predicted molar refractivity (Wildman–Crippen MR) is 153 cm³/mol. The number of esters is 1. The van der Waals surface area contributed by atoms with Crippen LogP contribution in [-0.4, -0.2) is 64.3 Å². The predicted octanol–water partition coefficient (Wildman–Crippen LogP) is 3.12. The monoisotopic (exact) mass is 591 g/mol. The Bertz CT molecular complexity index is 1400. The molecule has 8 atom stereocenters. The summed E-state index contributed by atoms with van der Waals surface area (Å²) in [4.78, 5) is 54.5. The van der Waals surface area contributed by atoms with Crippen molar-refractivity contribution in [2.24, 2.45) is 39.9 Å². The zero-order valence-corrected chi connectivity index (χ0v) is 24.8. The summed E-state index contributed by atoms with van der Waals surface area (Å²) in [5, 5.41) is 27.2. The zero-order valence-electron chi connectivity index (χ0n) is 24.8. The number of carbonyl (C=O) groups is 4. The van der Waals surface area contributed by atoms with Crippen LogP contribution in [0.5, 0.6) is 0 Å². The lowest BCUT2D eigenvalue weighted by molar-refractivity contribution is -0.437. The third kappa shape index (κ3) is 3.61. The Morgan fingerprint density at radius 1 is 1.05 bits per heavy atom. The third-order valence-electron chi connectivity index (χ3n) is 12.3. The van der Waals surface area contributed by atoms with E-state index in [9.17, 15) is 29.4 Å². The Labute approximate surface area is 251 Å². The van der Waals surface area contributed by atoms with Gasteiger partial charge < -0.3 is 25.0 Å². The van der Waals surface area contributed by atoms with Crippen molar-refractivity contribution in [2.45, 2.75) is 89.3 Å². The van der Waals surface area contributed by atoms with Crippen molar-refractivity contribution in [2.75, 3.05) is 6.61 Å². The Kier molecular flexibility index (Phi) is 6.42. The van der Waals surface area contributed by atoms with Gasteiger partial charge in [-0.3, -0.25) is 19.2 Å². The highest BCUT2D eigenvalue weighted by molar-refractivity contribution is 6.06. The van der Waals surface area contributed by atoms with Crippen molar-refractivity contribution >= 4 is 23.4 Å². The van der Waals surface area contributed by atoms with Gasteiger partial charge in [0.25, 0.3) is 5.91 Å². The number of aliphatic hydroxyl groups is 2. The van der Waals surface area contributed by atoms with Gasteiger partial charge >= 0.3 is 5.97 Å². The third-order valence-corrected chi connectivity index (χ3v) is 12.3. The number of rotatable bonds is 4. The molecule has 5 aliphatic carbocycles. The molecule has 2 aliphatic heterocycles. The molecule has 0 aromatic heterocycles. The summed E-state index contributed by atoms with van der Waals surface area (Å²) in [6, 6.07) is 8.93. The van der Waals surface area contributed by atoms with Gasteiger partial charge in [-0.2, -0.15) is 0 Å². The molecule has 2 spiro atoms. The second-order valence-corrected chi connectivity index (χ2v) is 14.6. The van der Waals surface area contributed by atoms with E-state index >= 15 is 0 Å². The number of ketones is 2. The second kappa shape index (κ2) is 9.56. The van der Waals surface area contributed by atoms with E-state index in [1.165, 1.54) is 0 Å². The van der Waals surface area contributed by atoms with E-state index in [-0.39, 0.29) is 29.9 Å². The molecule has 7 fully saturated rings. The van der Waals surface area contributed by atoms with Gasteiger partial charge in [-0.05, 0) is 74.0 Å². The van der Waals surface area contributed by atoms with Crippen LogP contribution in [0, 0.1) is 39.9 Å². The summed E-state index contributed by atoms with van der Waals surface area (Å²) >= 11 is 0. The number of amides is 1. The number of hydrogen-bond donors (Lipinski definition) is 3. The Balaban J connectivity index is 1.15. The number of Topliss-reactive ketones (excluding diaryl/α,β-unsaturated/α-hetero) is 2. The highest BCUT2D eigenvalue weighted by Gasteiger charge is 2.88.